The van der Waals surface area contributed by atoms with Gasteiger partial charge in [-0.2, -0.15) is 0 Å². The van der Waals surface area contributed by atoms with Gasteiger partial charge in [-0.05, 0) is 70.3 Å². The van der Waals surface area contributed by atoms with Crippen molar-refractivity contribution in [2.45, 2.75) is 0 Å². The van der Waals surface area contributed by atoms with Crippen molar-refractivity contribution < 1.29 is 4.42 Å². The van der Waals surface area contributed by atoms with Gasteiger partial charge in [-0.3, -0.25) is 0 Å². The van der Waals surface area contributed by atoms with Crippen LogP contribution in [0.1, 0.15) is 0 Å². The molecular formula is C57H33N3OS2. The average Bonchev–Trinajstić information content (AvgIpc) is 4.06. The van der Waals surface area contributed by atoms with Gasteiger partial charge in [-0.25, -0.2) is 15.0 Å². The molecule has 0 bridgehead atoms. The first kappa shape index (κ1) is 35.9. The van der Waals surface area contributed by atoms with Crippen LogP contribution in [0.5, 0.6) is 0 Å². The Kier molecular flexibility index (Phi) is 8.22. The van der Waals surface area contributed by atoms with Crippen molar-refractivity contribution >= 4 is 85.0 Å². The molecule has 0 N–H and O–H groups in total. The van der Waals surface area contributed by atoms with Crippen molar-refractivity contribution in [1.82, 2.24) is 15.0 Å². The summed E-state index contributed by atoms with van der Waals surface area (Å²) in [5, 5.41) is 7.00. The van der Waals surface area contributed by atoms with Gasteiger partial charge < -0.3 is 4.42 Å². The number of fused-ring (bicyclic) bond motifs is 9. The van der Waals surface area contributed by atoms with Gasteiger partial charge in [0.15, 0.2) is 17.5 Å². The van der Waals surface area contributed by atoms with Gasteiger partial charge in [0.25, 0.3) is 0 Å². The number of rotatable bonds is 6. The Morgan fingerprint density at radius 1 is 0.302 bits per heavy atom. The van der Waals surface area contributed by atoms with E-state index in [9.17, 15) is 0 Å². The predicted octanol–water partition coefficient (Wildman–Crippen LogP) is 16.5. The van der Waals surface area contributed by atoms with Crippen LogP contribution in [0.2, 0.25) is 0 Å². The fourth-order valence-electron chi connectivity index (χ4n) is 9.27. The molecule has 13 aromatic rings. The zero-order valence-electron chi connectivity index (χ0n) is 33.6. The standard InChI is InChI=1S/C57H33N3OS2/c1-3-14-34(15-4-1)35-28-30-37(31-29-35)56-58-55(36-16-5-2-6-17-36)59-57(60-56)43-22-11-23-46-51(43)45-33-38(39-20-12-26-49-52(39)41-18-7-9-24-47(41)62-49)32-44(54(45)61-46)40-21-13-27-50-53(40)42-19-8-10-25-48(42)63-50/h1-33H. The lowest BCUT2D eigenvalue weighted by Gasteiger charge is -2.12. The minimum atomic E-state index is 0.586. The number of nitrogens with zero attached hydrogens (tertiary/aromatic N) is 3. The maximum absolute atomic E-state index is 7.09. The molecule has 294 valence electrons. The molecular weight excluding hydrogens is 807 g/mol. The summed E-state index contributed by atoms with van der Waals surface area (Å²) in [6.45, 7) is 0. The quantitative estimate of drug-likeness (QED) is 0.167. The van der Waals surface area contributed by atoms with Crippen molar-refractivity contribution in [3.05, 3.63) is 200 Å². The number of thiophene rings is 2. The Bertz CT molecular complexity index is 3900. The fraction of sp³-hybridized carbons (Fsp3) is 0. The van der Waals surface area contributed by atoms with Crippen LogP contribution in [-0.2, 0) is 0 Å². The summed E-state index contributed by atoms with van der Waals surface area (Å²) in [6.07, 6.45) is 0. The molecule has 9 aromatic carbocycles. The van der Waals surface area contributed by atoms with Crippen LogP contribution in [0.3, 0.4) is 0 Å². The summed E-state index contributed by atoms with van der Waals surface area (Å²) >= 11 is 3.67. The molecule has 0 aliphatic rings. The molecule has 4 nitrogen and oxygen atoms in total. The second-order valence-electron chi connectivity index (χ2n) is 15.9. The lowest BCUT2D eigenvalue weighted by Crippen LogP contribution is -2.00. The molecule has 0 atom stereocenters. The molecule has 4 aromatic heterocycles. The van der Waals surface area contributed by atoms with E-state index in [1.807, 2.05) is 53.0 Å². The monoisotopic (exact) mass is 839 g/mol. The summed E-state index contributed by atoms with van der Waals surface area (Å²) in [5.41, 5.74) is 11.1. The van der Waals surface area contributed by atoms with E-state index < -0.39 is 0 Å². The van der Waals surface area contributed by atoms with Crippen LogP contribution in [0.15, 0.2) is 205 Å². The molecule has 6 heteroatoms. The summed E-state index contributed by atoms with van der Waals surface area (Å²) < 4.78 is 12.2. The first-order valence-corrected chi connectivity index (χ1v) is 22.6. The lowest BCUT2D eigenvalue weighted by molar-refractivity contribution is 0.670. The number of benzene rings is 9. The Balaban J connectivity index is 1.09. The van der Waals surface area contributed by atoms with Crippen LogP contribution in [0.25, 0.3) is 130 Å². The van der Waals surface area contributed by atoms with Gasteiger partial charge in [-0.1, -0.05) is 158 Å². The topological polar surface area (TPSA) is 51.8 Å². The Morgan fingerprint density at radius 2 is 0.794 bits per heavy atom. The molecule has 63 heavy (non-hydrogen) atoms. The van der Waals surface area contributed by atoms with Crippen LogP contribution in [0, 0.1) is 0 Å². The maximum atomic E-state index is 7.09. The van der Waals surface area contributed by atoms with Gasteiger partial charge >= 0.3 is 0 Å². The molecule has 0 aliphatic carbocycles. The molecule has 0 radical (unpaired) electrons. The predicted molar refractivity (Wildman–Crippen MR) is 265 cm³/mol. The molecule has 0 saturated heterocycles. The van der Waals surface area contributed by atoms with Gasteiger partial charge in [0.2, 0.25) is 0 Å². The first-order valence-electron chi connectivity index (χ1n) is 21.0. The molecule has 13 rings (SSSR count). The summed E-state index contributed by atoms with van der Waals surface area (Å²) in [4.78, 5) is 15.6. The lowest BCUT2D eigenvalue weighted by atomic mass is 9.91. The smallest absolute Gasteiger partial charge is 0.164 e. The Labute approximate surface area is 370 Å². The van der Waals surface area contributed by atoms with Gasteiger partial charge in [0.05, 0.1) is 0 Å². The number of hydrogen-bond acceptors (Lipinski definition) is 6. The van der Waals surface area contributed by atoms with Crippen LogP contribution in [0.4, 0.5) is 0 Å². The largest absolute Gasteiger partial charge is 0.455 e. The zero-order valence-corrected chi connectivity index (χ0v) is 35.3. The zero-order chi connectivity index (χ0) is 41.4. The molecule has 0 unspecified atom stereocenters. The van der Waals surface area contributed by atoms with E-state index in [1.165, 1.54) is 45.9 Å². The van der Waals surface area contributed by atoms with Gasteiger partial charge in [0.1, 0.15) is 11.2 Å². The second kappa shape index (κ2) is 14.4. The summed E-state index contributed by atoms with van der Waals surface area (Å²) in [5.74, 6) is 1.81. The first-order chi connectivity index (χ1) is 31.2. The second-order valence-corrected chi connectivity index (χ2v) is 18.0. The minimum absolute atomic E-state index is 0.586. The normalized spacial score (nSPS) is 11.8. The summed E-state index contributed by atoms with van der Waals surface area (Å²) in [7, 11) is 0. The number of aromatic nitrogens is 3. The molecule has 0 amide bonds. The highest BCUT2D eigenvalue weighted by molar-refractivity contribution is 7.26. The van der Waals surface area contributed by atoms with Crippen molar-refractivity contribution in [2.75, 3.05) is 0 Å². The molecule has 0 fully saturated rings. The van der Waals surface area contributed by atoms with Gasteiger partial charge in [-0.15, -0.1) is 22.7 Å². The van der Waals surface area contributed by atoms with E-state index >= 15 is 0 Å². The van der Waals surface area contributed by atoms with Crippen molar-refractivity contribution in [2.24, 2.45) is 0 Å². The Hall–Kier alpha value is -7.77. The van der Waals surface area contributed by atoms with E-state index in [-0.39, 0.29) is 0 Å². The highest BCUT2D eigenvalue weighted by Gasteiger charge is 2.23. The number of furan rings is 1. The van der Waals surface area contributed by atoms with Crippen molar-refractivity contribution in [3.63, 3.8) is 0 Å². The van der Waals surface area contributed by atoms with Crippen LogP contribution in [-0.4, -0.2) is 15.0 Å². The third kappa shape index (κ3) is 5.91. The van der Waals surface area contributed by atoms with E-state index in [0.29, 0.717) is 17.5 Å². The molecule has 0 aliphatic heterocycles. The molecule has 0 saturated carbocycles. The molecule has 0 spiro atoms. The third-order valence-electron chi connectivity index (χ3n) is 12.2. The number of hydrogen-bond donors (Lipinski definition) is 0. The van der Waals surface area contributed by atoms with E-state index in [0.717, 1.165) is 66.4 Å². The van der Waals surface area contributed by atoms with E-state index in [4.69, 9.17) is 19.4 Å². The highest BCUT2D eigenvalue weighted by atomic mass is 32.1. The maximum Gasteiger partial charge on any atom is 0.164 e. The van der Waals surface area contributed by atoms with Gasteiger partial charge in [0, 0.05) is 73.4 Å². The van der Waals surface area contributed by atoms with Crippen molar-refractivity contribution in [3.8, 4) is 67.5 Å². The van der Waals surface area contributed by atoms with Crippen molar-refractivity contribution in [1.29, 1.82) is 0 Å². The fourth-order valence-corrected chi connectivity index (χ4v) is 11.5. The summed E-state index contributed by atoms with van der Waals surface area (Å²) in [6, 6.07) is 70.8. The minimum Gasteiger partial charge on any atom is -0.455 e. The van der Waals surface area contributed by atoms with E-state index in [1.54, 1.807) is 0 Å². The SMILES string of the molecule is c1ccc(-c2ccc(-c3nc(-c4ccccc4)nc(-c4cccc5oc6c(-c7cccc8sc9ccccc9c78)cc(-c7cccc8sc9ccccc9c78)cc6c45)n3)cc2)cc1. The third-order valence-corrected chi connectivity index (χ3v) is 14.4. The Morgan fingerprint density at radius 3 is 1.48 bits per heavy atom. The highest BCUT2D eigenvalue weighted by Crippen LogP contribution is 2.48. The van der Waals surface area contributed by atoms with E-state index in [2.05, 4.69) is 170 Å². The molecule has 4 heterocycles. The average molecular weight is 840 g/mol. The van der Waals surface area contributed by atoms with Crippen LogP contribution >= 0.6 is 22.7 Å². The van der Waals surface area contributed by atoms with Crippen LogP contribution < -0.4 is 0 Å².